The van der Waals surface area contributed by atoms with Crippen LogP contribution in [0.15, 0.2) is 37.0 Å². The predicted molar refractivity (Wildman–Crippen MR) is 80.7 cm³/mol. The molecule has 0 fully saturated rings. The molecule has 5 nitrogen and oxygen atoms in total. The molecule has 0 aromatic carbocycles. The molecule has 5 heteroatoms. The van der Waals surface area contributed by atoms with Crippen LogP contribution in [0.2, 0.25) is 0 Å². The summed E-state index contributed by atoms with van der Waals surface area (Å²) in [5.74, 6) is -0.843. The Balaban J connectivity index is 3.07. The van der Waals surface area contributed by atoms with Crippen molar-refractivity contribution in [1.82, 2.24) is 5.32 Å². The molecule has 1 N–H and O–H groups in total. The van der Waals surface area contributed by atoms with Gasteiger partial charge in [0, 0.05) is 5.92 Å². The van der Waals surface area contributed by atoms with E-state index in [1.54, 1.807) is 26.8 Å². The van der Waals surface area contributed by atoms with E-state index < -0.39 is 23.2 Å². The van der Waals surface area contributed by atoms with Crippen LogP contribution in [0.3, 0.4) is 0 Å². The van der Waals surface area contributed by atoms with E-state index in [2.05, 4.69) is 11.9 Å². The van der Waals surface area contributed by atoms with Crippen molar-refractivity contribution < 1.29 is 19.1 Å². The first-order valence-electron chi connectivity index (χ1n) is 6.80. The standard InChI is InChI=1S/C16H23NO4/c1-6-11-16(13(18)20-5,12-9-7-8-10-12)17-14(19)21-15(2,3)4/h6-10,12H,1,11H2,2-5H3,(H,17,19). The molecule has 21 heavy (non-hydrogen) atoms. The van der Waals surface area contributed by atoms with Gasteiger partial charge in [-0.3, -0.25) is 0 Å². The van der Waals surface area contributed by atoms with Crippen molar-refractivity contribution in [3.63, 3.8) is 0 Å². The molecule has 0 saturated carbocycles. The number of carbonyl (C=O) groups is 2. The number of rotatable bonds is 5. The van der Waals surface area contributed by atoms with Gasteiger partial charge in [0.25, 0.3) is 0 Å². The average molecular weight is 293 g/mol. The van der Waals surface area contributed by atoms with Gasteiger partial charge >= 0.3 is 12.1 Å². The third kappa shape index (κ3) is 4.21. The van der Waals surface area contributed by atoms with Crippen molar-refractivity contribution in [2.45, 2.75) is 38.3 Å². The third-order valence-corrected chi connectivity index (χ3v) is 3.06. The molecule has 0 aromatic heterocycles. The Bertz CT molecular complexity index is 461. The third-order valence-electron chi connectivity index (χ3n) is 3.06. The van der Waals surface area contributed by atoms with Crippen LogP contribution in [0.1, 0.15) is 27.2 Å². The van der Waals surface area contributed by atoms with Gasteiger partial charge in [-0.1, -0.05) is 30.4 Å². The summed E-state index contributed by atoms with van der Waals surface area (Å²) in [6.07, 6.45) is 8.45. The zero-order chi connectivity index (χ0) is 16.1. The fourth-order valence-electron chi connectivity index (χ4n) is 2.20. The normalized spacial score (nSPS) is 17.1. The van der Waals surface area contributed by atoms with Crippen LogP contribution in [-0.2, 0) is 14.3 Å². The van der Waals surface area contributed by atoms with Crippen molar-refractivity contribution in [2.24, 2.45) is 5.92 Å². The van der Waals surface area contributed by atoms with Crippen molar-refractivity contribution >= 4 is 12.1 Å². The number of ether oxygens (including phenoxy) is 2. The van der Waals surface area contributed by atoms with Gasteiger partial charge in [0.1, 0.15) is 5.60 Å². The molecule has 0 heterocycles. The second-order valence-electron chi connectivity index (χ2n) is 5.88. The van der Waals surface area contributed by atoms with Gasteiger partial charge < -0.3 is 14.8 Å². The van der Waals surface area contributed by atoms with Crippen LogP contribution in [0.5, 0.6) is 0 Å². The van der Waals surface area contributed by atoms with Crippen LogP contribution >= 0.6 is 0 Å². The van der Waals surface area contributed by atoms with Crippen LogP contribution in [0, 0.1) is 5.92 Å². The first kappa shape index (κ1) is 17.0. The fourth-order valence-corrected chi connectivity index (χ4v) is 2.20. The summed E-state index contributed by atoms with van der Waals surface area (Å²) in [5, 5.41) is 2.67. The summed E-state index contributed by atoms with van der Waals surface area (Å²) < 4.78 is 10.1. The molecule has 0 radical (unpaired) electrons. The summed E-state index contributed by atoms with van der Waals surface area (Å²) in [6.45, 7) is 8.95. The summed E-state index contributed by atoms with van der Waals surface area (Å²) in [6, 6.07) is 0. The van der Waals surface area contributed by atoms with Crippen LogP contribution in [0.25, 0.3) is 0 Å². The fraction of sp³-hybridized carbons (Fsp3) is 0.500. The topological polar surface area (TPSA) is 64.6 Å². The van der Waals surface area contributed by atoms with Crippen LogP contribution < -0.4 is 5.32 Å². The molecule has 1 amide bonds. The lowest BCUT2D eigenvalue weighted by Gasteiger charge is -2.35. The lowest BCUT2D eigenvalue weighted by molar-refractivity contribution is -0.149. The lowest BCUT2D eigenvalue weighted by atomic mass is 9.81. The van der Waals surface area contributed by atoms with Gasteiger partial charge in [-0.25, -0.2) is 9.59 Å². The molecule has 0 aromatic rings. The Morgan fingerprint density at radius 2 is 1.86 bits per heavy atom. The first-order chi connectivity index (χ1) is 9.75. The minimum atomic E-state index is -1.25. The van der Waals surface area contributed by atoms with Crippen molar-refractivity contribution in [3.05, 3.63) is 37.0 Å². The largest absolute Gasteiger partial charge is 0.467 e. The van der Waals surface area contributed by atoms with Crippen molar-refractivity contribution in [2.75, 3.05) is 7.11 Å². The molecule has 116 valence electrons. The minimum absolute atomic E-state index is 0.234. The van der Waals surface area contributed by atoms with E-state index in [1.165, 1.54) is 7.11 Å². The quantitative estimate of drug-likeness (QED) is 0.625. The minimum Gasteiger partial charge on any atom is -0.467 e. The molecular formula is C16H23NO4. The maximum absolute atomic E-state index is 12.3. The molecule has 1 unspecified atom stereocenters. The predicted octanol–water partition coefficient (Wildman–Crippen LogP) is 2.74. The highest BCUT2D eigenvalue weighted by Gasteiger charge is 2.46. The van der Waals surface area contributed by atoms with Gasteiger partial charge in [0.15, 0.2) is 5.54 Å². The summed E-state index contributed by atoms with van der Waals surface area (Å²) >= 11 is 0. The molecular weight excluding hydrogens is 270 g/mol. The second kappa shape index (κ2) is 6.61. The van der Waals surface area contributed by atoms with E-state index in [0.717, 1.165) is 0 Å². The summed E-state index contributed by atoms with van der Waals surface area (Å²) in [7, 11) is 1.29. The first-order valence-corrected chi connectivity index (χ1v) is 6.80. The van der Waals surface area contributed by atoms with E-state index in [0.29, 0.717) is 0 Å². The number of hydrogen-bond acceptors (Lipinski definition) is 4. The molecule has 0 bridgehead atoms. The van der Waals surface area contributed by atoms with Crippen molar-refractivity contribution in [3.8, 4) is 0 Å². The molecule has 1 aliphatic carbocycles. The average Bonchev–Trinajstić information content (AvgIpc) is 2.89. The maximum atomic E-state index is 12.3. The number of alkyl carbamates (subject to hydrolysis) is 1. The molecule has 1 rings (SSSR count). The van der Waals surface area contributed by atoms with Gasteiger partial charge in [-0.2, -0.15) is 0 Å². The van der Waals surface area contributed by atoms with Crippen LogP contribution in [0.4, 0.5) is 4.79 Å². The highest BCUT2D eigenvalue weighted by molar-refractivity contribution is 5.87. The Kier molecular flexibility index (Phi) is 5.35. The smallest absolute Gasteiger partial charge is 0.408 e. The SMILES string of the molecule is C=CCC(NC(=O)OC(C)(C)C)(C(=O)OC)C1C=CC=C1. The lowest BCUT2D eigenvalue weighted by Crippen LogP contribution is -2.59. The molecule has 1 aliphatic rings. The Hall–Kier alpha value is -2.04. The molecule has 1 atom stereocenters. The van der Waals surface area contributed by atoms with Crippen LogP contribution in [-0.4, -0.2) is 30.3 Å². The highest BCUT2D eigenvalue weighted by Crippen LogP contribution is 2.30. The monoisotopic (exact) mass is 293 g/mol. The van der Waals surface area contributed by atoms with Crippen molar-refractivity contribution in [1.29, 1.82) is 0 Å². The Morgan fingerprint density at radius 3 is 2.29 bits per heavy atom. The molecule has 0 aliphatic heterocycles. The van der Waals surface area contributed by atoms with Gasteiger partial charge in [-0.15, -0.1) is 6.58 Å². The van der Waals surface area contributed by atoms with Gasteiger partial charge in [-0.05, 0) is 27.2 Å². The number of methoxy groups -OCH3 is 1. The Morgan fingerprint density at radius 1 is 1.29 bits per heavy atom. The van der Waals surface area contributed by atoms with Gasteiger partial charge in [0.2, 0.25) is 0 Å². The van der Waals surface area contributed by atoms with E-state index in [1.807, 2.05) is 24.3 Å². The zero-order valence-electron chi connectivity index (χ0n) is 13.0. The molecule has 0 spiro atoms. The molecule has 0 saturated heterocycles. The summed E-state index contributed by atoms with van der Waals surface area (Å²) in [5.41, 5.74) is -1.90. The second-order valence-corrected chi connectivity index (χ2v) is 5.88. The maximum Gasteiger partial charge on any atom is 0.408 e. The number of allylic oxidation sites excluding steroid dienone is 2. The number of esters is 1. The summed E-state index contributed by atoms with van der Waals surface area (Å²) in [4.78, 5) is 24.4. The Labute approximate surface area is 125 Å². The number of hydrogen-bond donors (Lipinski definition) is 1. The number of nitrogens with one attached hydrogen (secondary N) is 1. The highest BCUT2D eigenvalue weighted by atomic mass is 16.6. The number of amides is 1. The number of carbonyl (C=O) groups excluding carboxylic acids is 2. The van der Waals surface area contributed by atoms with E-state index >= 15 is 0 Å². The van der Waals surface area contributed by atoms with E-state index in [4.69, 9.17) is 9.47 Å². The van der Waals surface area contributed by atoms with Gasteiger partial charge in [0.05, 0.1) is 7.11 Å². The van der Waals surface area contributed by atoms with E-state index in [-0.39, 0.29) is 12.3 Å². The van der Waals surface area contributed by atoms with E-state index in [9.17, 15) is 9.59 Å². The zero-order valence-corrected chi connectivity index (χ0v) is 13.0.